The van der Waals surface area contributed by atoms with E-state index in [2.05, 4.69) is 4.98 Å². The normalized spacial score (nSPS) is 13.4. The van der Waals surface area contributed by atoms with Gasteiger partial charge in [-0.05, 0) is 25.5 Å². The quantitative estimate of drug-likeness (QED) is 0.912. The largest absolute Gasteiger partial charge is 0.464 e. The Kier molecular flexibility index (Phi) is 3.88. The van der Waals surface area contributed by atoms with Crippen molar-refractivity contribution in [3.8, 4) is 12.1 Å². The summed E-state index contributed by atoms with van der Waals surface area (Å²) in [7, 11) is 0. The van der Waals surface area contributed by atoms with Crippen LogP contribution in [-0.4, -0.2) is 15.6 Å². The molecule has 0 amide bonds. The summed E-state index contributed by atoms with van der Waals surface area (Å²) in [5.41, 5.74) is 6.47. The number of imidazole rings is 1. The Morgan fingerprint density at radius 1 is 1.40 bits per heavy atom. The van der Waals surface area contributed by atoms with Crippen LogP contribution in [0.4, 0.5) is 0 Å². The van der Waals surface area contributed by atoms with E-state index in [0.717, 1.165) is 5.76 Å². The minimum absolute atomic E-state index is 0.101. The molecule has 0 bridgehead atoms. The summed E-state index contributed by atoms with van der Waals surface area (Å²) < 4.78 is 7.26. The van der Waals surface area contributed by atoms with E-state index < -0.39 is 0 Å². The van der Waals surface area contributed by atoms with E-state index in [1.165, 1.54) is 6.33 Å². The molecule has 6 heteroatoms. The molecule has 2 N–H and O–H groups in total. The van der Waals surface area contributed by atoms with Crippen LogP contribution in [0.25, 0.3) is 0 Å². The molecule has 0 aliphatic carbocycles. The highest BCUT2D eigenvalue weighted by Crippen LogP contribution is 2.27. The van der Waals surface area contributed by atoms with Gasteiger partial charge in [-0.25, -0.2) is 4.98 Å². The van der Waals surface area contributed by atoms with Crippen LogP contribution in [0.3, 0.4) is 0 Å². The van der Waals surface area contributed by atoms with Crippen molar-refractivity contribution >= 4 is 0 Å². The molecule has 0 saturated heterocycles. The summed E-state index contributed by atoms with van der Waals surface area (Å²) >= 11 is 0. The van der Waals surface area contributed by atoms with Gasteiger partial charge in [-0.1, -0.05) is 6.92 Å². The molecule has 2 heterocycles. The van der Waals surface area contributed by atoms with Gasteiger partial charge in [-0.3, -0.25) is 0 Å². The van der Waals surface area contributed by atoms with Crippen molar-refractivity contribution < 1.29 is 4.42 Å². The molecule has 2 aromatic heterocycles. The number of rotatable bonds is 4. The lowest BCUT2D eigenvalue weighted by Gasteiger charge is -2.23. The fourth-order valence-electron chi connectivity index (χ4n) is 2.15. The summed E-state index contributed by atoms with van der Waals surface area (Å²) in [6.07, 6.45) is 2.17. The van der Waals surface area contributed by atoms with Crippen molar-refractivity contribution in [3.05, 3.63) is 41.4 Å². The van der Waals surface area contributed by atoms with E-state index in [1.54, 1.807) is 4.57 Å². The monoisotopic (exact) mass is 269 g/mol. The zero-order valence-corrected chi connectivity index (χ0v) is 11.4. The van der Waals surface area contributed by atoms with E-state index in [-0.39, 0.29) is 23.5 Å². The van der Waals surface area contributed by atoms with E-state index in [9.17, 15) is 5.26 Å². The maximum atomic E-state index is 9.24. The molecule has 0 saturated carbocycles. The average Bonchev–Trinajstić information content (AvgIpc) is 3.05. The number of aryl methyl sites for hydroxylation is 1. The van der Waals surface area contributed by atoms with Gasteiger partial charge in [-0.2, -0.15) is 10.5 Å². The number of nitrogens with two attached hydrogens (primary N) is 1. The molecule has 0 aliphatic rings. The first-order chi connectivity index (χ1) is 9.62. The van der Waals surface area contributed by atoms with Crippen LogP contribution in [0, 0.1) is 29.6 Å². The predicted molar refractivity (Wildman–Crippen MR) is 71.5 cm³/mol. The Labute approximate surface area is 117 Å². The van der Waals surface area contributed by atoms with Crippen LogP contribution in [0.1, 0.15) is 42.3 Å². The first kappa shape index (κ1) is 13.9. The minimum Gasteiger partial charge on any atom is -0.464 e. The van der Waals surface area contributed by atoms with Crippen LogP contribution >= 0.6 is 0 Å². The van der Waals surface area contributed by atoms with Crippen molar-refractivity contribution in [2.45, 2.75) is 32.4 Å². The van der Waals surface area contributed by atoms with Crippen molar-refractivity contribution in [2.24, 2.45) is 5.73 Å². The first-order valence-corrected chi connectivity index (χ1v) is 6.31. The number of furan rings is 1. The summed E-state index contributed by atoms with van der Waals surface area (Å²) in [6.45, 7) is 3.81. The van der Waals surface area contributed by atoms with E-state index in [1.807, 2.05) is 38.1 Å². The molecule has 0 spiro atoms. The van der Waals surface area contributed by atoms with Crippen LogP contribution in [0.5, 0.6) is 0 Å². The molecule has 102 valence electrons. The van der Waals surface area contributed by atoms with Crippen LogP contribution in [0.15, 0.2) is 22.9 Å². The molecule has 0 aliphatic heterocycles. The van der Waals surface area contributed by atoms with E-state index in [0.29, 0.717) is 12.2 Å². The highest BCUT2D eigenvalue weighted by atomic mass is 16.3. The second-order valence-corrected chi connectivity index (χ2v) is 4.54. The molecule has 2 aromatic rings. The Hall–Kier alpha value is -2.57. The van der Waals surface area contributed by atoms with Crippen molar-refractivity contribution in [1.82, 2.24) is 9.55 Å². The van der Waals surface area contributed by atoms with Gasteiger partial charge in [0.05, 0.1) is 6.33 Å². The van der Waals surface area contributed by atoms with Crippen LogP contribution in [-0.2, 0) is 0 Å². The molecule has 0 aromatic carbocycles. The first-order valence-electron chi connectivity index (χ1n) is 6.31. The van der Waals surface area contributed by atoms with Gasteiger partial charge in [0.1, 0.15) is 29.7 Å². The molecular weight excluding hydrogens is 254 g/mol. The molecule has 2 rings (SSSR count). The SMILES string of the molecule is CCC(N)C(c1ccc(C)o1)n1cnc(C#N)c1C#N. The molecule has 0 fully saturated rings. The Bertz CT molecular complexity index is 685. The smallest absolute Gasteiger partial charge is 0.176 e. The highest BCUT2D eigenvalue weighted by Gasteiger charge is 2.27. The van der Waals surface area contributed by atoms with Crippen molar-refractivity contribution in [1.29, 1.82) is 10.5 Å². The van der Waals surface area contributed by atoms with Gasteiger partial charge in [0, 0.05) is 6.04 Å². The minimum atomic E-state index is -0.349. The Morgan fingerprint density at radius 3 is 2.65 bits per heavy atom. The number of nitrogens with zero attached hydrogens (tertiary/aromatic N) is 4. The van der Waals surface area contributed by atoms with Crippen LogP contribution < -0.4 is 5.73 Å². The fourth-order valence-corrected chi connectivity index (χ4v) is 2.15. The second kappa shape index (κ2) is 5.60. The van der Waals surface area contributed by atoms with Gasteiger partial charge in [0.15, 0.2) is 11.4 Å². The zero-order valence-electron chi connectivity index (χ0n) is 11.4. The Morgan fingerprint density at radius 2 is 2.15 bits per heavy atom. The lowest BCUT2D eigenvalue weighted by atomic mass is 10.0. The standard InChI is InChI=1S/C14H15N5O/c1-3-10(17)14(13-5-4-9(2)20-13)19-8-18-11(6-15)12(19)7-16/h4-5,8,10,14H,3,17H2,1-2H3. The van der Waals surface area contributed by atoms with E-state index in [4.69, 9.17) is 15.4 Å². The second-order valence-electron chi connectivity index (χ2n) is 4.54. The maximum absolute atomic E-state index is 9.24. The summed E-state index contributed by atoms with van der Waals surface area (Å²) in [6, 6.07) is 7.01. The lowest BCUT2D eigenvalue weighted by Crippen LogP contribution is -2.32. The van der Waals surface area contributed by atoms with Crippen molar-refractivity contribution in [3.63, 3.8) is 0 Å². The lowest BCUT2D eigenvalue weighted by molar-refractivity contribution is 0.363. The highest BCUT2D eigenvalue weighted by molar-refractivity contribution is 5.37. The molecule has 0 radical (unpaired) electrons. The average molecular weight is 269 g/mol. The van der Waals surface area contributed by atoms with Crippen LogP contribution in [0.2, 0.25) is 0 Å². The van der Waals surface area contributed by atoms with E-state index >= 15 is 0 Å². The van der Waals surface area contributed by atoms with Gasteiger partial charge in [0.25, 0.3) is 0 Å². The topological polar surface area (TPSA) is 105 Å². The molecule has 6 nitrogen and oxygen atoms in total. The molecular formula is C14H15N5O. The number of hydrogen-bond donors (Lipinski definition) is 1. The number of hydrogen-bond acceptors (Lipinski definition) is 5. The predicted octanol–water partition coefficient (Wildman–Crippen LogP) is 1.85. The van der Waals surface area contributed by atoms with Gasteiger partial charge in [0.2, 0.25) is 0 Å². The Balaban J connectivity index is 2.56. The summed E-state index contributed by atoms with van der Waals surface area (Å²) in [5, 5.41) is 18.2. The van der Waals surface area contributed by atoms with Gasteiger partial charge < -0.3 is 14.7 Å². The zero-order chi connectivity index (χ0) is 14.7. The summed E-state index contributed by atoms with van der Waals surface area (Å²) in [4.78, 5) is 3.96. The van der Waals surface area contributed by atoms with Gasteiger partial charge >= 0.3 is 0 Å². The number of nitriles is 2. The molecule has 2 unspecified atom stereocenters. The summed E-state index contributed by atoms with van der Waals surface area (Å²) in [5.74, 6) is 1.43. The maximum Gasteiger partial charge on any atom is 0.176 e. The van der Waals surface area contributed by atoms with Gasteiger partial charge in [-0.15, -0.1) is 0 Å². The third kappa shape index (κ3) is 2.29. The number of aromatic nitrogens is 2. The molecule has 2 atom stereocenters. The fraction of sp³-hybridized carbons (Fsp3) is 0.357. The third-order valence-electron chi connectivity index (χ3n) is 3.23. The molecule has 20 heavy (non-hydrogen) atoms. The van der Waals surface area contributed by atoms with Crippen molar-refractivity contribution in [2.75, 3.05) is 0 Å². The third-order valence-corrected chi connectivity index (χ3v) is 3.23.